The minimum Gasteiger partial charge on any atom is -0.384 e. The number of amides is 1. The van der Waals surface area contributed by atoms with Crippen molar-refractivity contribution in [2.45, 2.75) is 26.2 Å². The first-order valence-corrected chi connectivity index (χ1v) is 7.58. The van der Waals surface area contributed by atoms with E-state index in [0.717, 1.165) is 43.8 Å². The molecule has 21 heavy (non-hydrogen) atoms. The highest BCUT2D eigenvalue weighted by Gasteiger charge is 2.20. The number of aromatic nitrogens is 1. The Morgan fingerprint density at radius 2 is 2.38 bits per heavy atom. The predicted octanol–water partition coefficient (Wildman–Crippen LogP) is 2.68. The standard InChI is InChI=1S/C17H24N2O2/c1-14-6-5-10-18-16(14)8-9-17(20)19-11-4-3-7-15(12-19)13-21-2/h5-6,8-10,15H,3-4,7,11-13H2,1-2H3/b9-8+. The lowest BCUT2D eigenvalue weighted by molar-refractivity contribution is -0.126. The number of aryl methyl sites for hydroxylation is 1. The topological polar surface area (TPSA) is 42.4 Å². The fourth-order valence-corrected chi connectivity index (χ4v) is 2.73. The van der Waals surface area contributed by atoms with E-state index in [0.29, 0.717) is 5.92 Å². The van der Waals surface area contributed by atoms with Crippen molar-refractivity contribution in [3.05, 3.63) is 35.7 Å². The normalized spacial score (nSPS) is 19.7. The molecule has 114 valence electrons. The summed E-state index contributed by atoms with van der Waals surface area (Å²) in [6.07, 6.45) is 8.58. The zero-order chi connectivity index (χ0) is 15.1. The molecule has 1 amide bonds. The fraction of sp³-hybridized carbons (Fsp3) is 0.529. The minimum atomic E-state index is 0.0723. The van der Waals surface area contributed by atoms with Gasteiger partial charge in [-0.1, -0.05) is 12.5 Å². The van der Waals surface area contributed by atoms with E-state index in [1.807, 2.05) is 30.0 Å². The van der Waals surface area contributed by atoms with Crippen LogP contribution in [0.4, 0.5) is 0 Å². The number of ether oxygens (including phenoxy) is 1. The molecule has 0 spiro atoms. The molecule has 1 fully saturated rings. The number of nitrogens with zero attached hydrogens (tertiary/aromatic N) is 2. The molecule has 0 aliphatic carbocycles. The van der Waals surface area contributed by atoms with Gasteiger partial charge in [-0.25, -0.2) is 0 Å². The van der Waals surface area contributed by atoms with Gasteiger partial charge in [0.25, 0.3) is 0 Å². The highest BCUT2D eigenvalue weighted by atomic mass is 16.5. The maximum atomic E-state index is 12.4. The van der Waals surface area contributed by atoms with Gasteiger partial charge in [0, 0.05) is 32.5 Å². The molecular weight excluding hydrogens is 264 g/mol. The predicted molar refractivity (Wildman–Crippen MR) is 83.8 cm³/mol. The Balaban J connectivity index is 2.00. The van der Waals surface area contributed by atoms with E-state index in [-0.39, 0.29) is 5.91 Å². The van der Waals surface area contributed by atoms with Crippen LogP contribution in [0.5, 0.6) is 0 Å². The van der Waals surface area contributed by atoms with Crippen molar-refractivity contribution in [3.8, 4) is 0 Å². The molecule has 2 rings (SSSR count). The SMILES string of the molecule is COCC1CCCCN(C(=O)/C=C/c2ncccc2C)C1. The molecule has 0 bridgehead atoms. The largest absolute Gasteiger partial charge is 0.384 e. The third-order valence-corrected chi connectivity index (χ3v) is 3.92. The van der Waals surface area contributed by atoms with E-state index in [1.165, 1.54) is 6.42 Å². The second kappa shape index (κ2) is 7.93. The lowest BCUT2D eigenvalue weighted by Gasteiger charge is -2.22. The number of carbonyl (C=O) groups excluding carboxylic acids is 1. The highest BCUT2D eigenvalue weighted by Crippen LogP contribution is 2.17. The highest BCUT2D eigenvalue weighted by molar-refractivity contribution is 5.91. The first kappa shape index (κ1) is 15.7. The molecule has 1 unspecified atom stereocenters. The molecule has 1 saturated heterocycles. The van der Waals surface area contributed by atoms with Crippen molar-refractivity contribution < 1.29 is 9.53 Å². The molecule has 1 aliphatic rings. The van der Waals surface area contributed by atoms with E-state index < -0.39 is 0 Å². The van der Waals surface area contributed by atoms with Crippen molar-refractivity contribution >= 4 is 12.0 Å². The van der Waals surface area contributed by atoms with Crippen molar-refractivity contribution in [3.63, 3.8) is 0 Å². The molecule has 1 aliphatic heterocycles. The zero-order valence-corrected chi connectivity index (χ0v) is 12.9. The van der Waals surface area contributed by atoms with Crippen LogP contribution >= 0.6 is 0 Å². The Kier molecular flexibility index (Phi) is 5.93. The van der Waals surface area contributed by atoms with E-state index in [2.05, 4.69) is 4.98 Å². The van der Waals surface area contributed by atoms with Gasteiger partial charge >= 0.3 is 0 Å². The summed E-state index contributed by atoms with van der Waals surface area (Å²) in [4.78, 5) is 18.6. The summed E-state index contributed by atoms with van der Waals surface area (Å²) in [5.41, 5.74) is 1.93. The number of likely N-dealkylation sites (tertiary alicyclic amines) is 1. The maximum Gasteiger partial charge on any atom is 0.246 e. The lowest BCUT2D eigenvalue weighted by atomic mass is 10.0. The van der Waals surface area contributed by atoms with Crippen molar-refractivity contribution in [2.24, 2.45) is 5.92 Å². The second-order valence-corrected chi connectivity index (χ2v) is 5.64. The summed E-state index contributed by atoms with van der Waals surface area (Å²) >= 11 is 0. The first-order chi connectivity index (χ1) is 10.2. The fourth-order valence-electron chi connectivity index (χ4n) is 2.73. The Labute approximate surface area is 126 Å². The summed E-state index contributed by atoms with van der Waals surface area (Å²) in [7, 11) is 1.72. The van der Waals surface area contributed by atoms with Crippen LogP contribution in [0.25, 0.3) is 6.08 Å². The van der Waals surface area contributed by atoms with Crippen LogP contribution in [0.1, 0.15) is 30.5 Å². The quantitative estimate of drug-likeness (QED) is 0.800. The molecule has 1 atom stereocenters. The Morgan fingerprint density at radius 1 is 1.52 bits per heavy atom. The Bertz CT molecular complexity index is 499. The molecular formula is C17H24N2O2. The smallest absolute Gasteiger partial charge is 0.246 e. The maximum absolute atomic E-state index is 12.4. The van der Waals surface area contributed by atoms with Gasteiger partial charge in [0.2, 0.25) is 5.91 Å². The van der Waals surface area contributed by atoms with Crippen LogP contribution in [0, 0.1) is 12.8 Å². The van der Waals surface area contributed by atoms with Crippen LogP contribution in [0.3, 0.4) is 0 Å². The average Bonchev–Trinajstić information content (AvgIpc) is 2.72. The number of rotatable bonds is 4. The number of pyridine rings is 1. The number of hydrogen-bond acceptors (Lipinski definition) is 3. The van der Waals surface area contributed by atoms with Crippen LogP contribution in [0.15, 0.2) is 24.4 Å². The zero-order valence-electron chi connectivity index (χ0n) is 12.9. The molecule has 1 aromatic heterocycles. The van der Waals surface area contributed by atoms with Crippen LogP contribution in [0.2, 0.25) is 0 Å². The Hall–Kier alpha value is -1.68. The number of methoxy groups -OCH3 is 1. The lowest BCUT2D eigenvalue weighted by Crippen LogP contribution is -2.34. The van der Waals surface area contributed by atoms with Crippen LogP contribution < -0.4 is 0 Å². The van der Waals surface area contributed by atoms with Crippen molar-refractivity contribution in [2.75, 3.05) is 26.8 Å². The van der Waals surface area contributed by atoms with Gasteiger partial charge in [-0.05, 0) is 43.4 Å². The monoisotopic (exact) mass is 288 g/mol. The van der Waals surface area contributed by atoms with Gasteiger partial charge in [-0.3, -0.25) is 9.78 Å². The summed E-state index contributed by atoms with van der Waals surface area (Å²) < 4.78 is 5.24. The van der Waals surface area contributed by atoms with Gasteiger partial charge < -0.3 is 9.64 Å². The molecule has 1 aromatic rings. The van der Waals surface area contributed by atoms with Gasteiger partial charge in [0.05, 0.1) is 12.3 Å². The van der Waals surface area contributed by atoms with E-state index in [4.69, 9.17) is 4.74 Å². The molecule has 4 heteroatoms. The Morgan fingerprint density at radius 3 is 3.14 bits per heavy atom. The molecule has 2 heterocycles. The third-order valence-electron chi connectivity index (χ3n) is 3.92. The summed E-state index contributed by atoms with van der Waals surface area (Å²) in [6, 6.07) is 3.90. The van der Waals surface area contributed by atoms with Crippen LogP contribution in [-0.2, 0) is 9.53 Å². The van der Waals surface area contributed by atoms with Crippen molar-refractivity contribution in [1.82, 2.24) is 9.88 Å². The van der Waals surface area contributed by atoms with E-state index in [1.54, 1.807) is 19.4 Å². The second-order valence-electron chi connectivity index (χ2n) is 5.64. The van der Waals surface area contributed by atoms with Gasteiger partial charge in [0.15, 0.2) is 0 Å². The molecule has 4 nitrogen and oxygen atoms in total. The summed E-state index contributed by atoms with van der Waals surface area (Å²) in [5, 5.41) is 0. The minimum absolute atomic E-state index is 0.0723. The van der Waals surface area contributed by atoms with Gasteiger partial charge in [0.1, 0.15) is 0 Å². The number of hydrogen-bond donors (Lipinski definition) is 0. The van der Waals surface area contributed by atoms with Crippen LogP contribution in [-0.4, -0.2) is 42.6 Å². The average molecular weight is 288 g/mol. The molecule has 0 saturated carbocycles. The van der Waals surface area contributed by atoms with E-state index >= 15 is 0 Å². The summed E-state index contributed by atoms with van der Waals surface area (Å²) in [5.74, 6) is 0.523. The van der Waals surface area contributed by atoms with Crippen molar-refractivity contribution in [1.29, 1.82) is 0 Å². The van der Waals surface area contributed by atoms with Gasteiger partial charge in [-0.15, -0.1) is 0 Å². The van der Waals surface area contributed by atoms with E-state index in [9.17, 15) is 4.79 Å². The number of carbonyl (C=O) groups is 1. The molecule has 0 N–H and O–H groups in total. The molecule has 0 aromatic carbocycles. The summed E-state index contributed by atoms with van der Waals surface area (Å²) in [6.45, 7) is 4.35. The third kappa shape index (κ3) is 4.67. The first-order valence-electron chi connectivity index (χ1n) is 7.58. The van der Waals surface area contributed by atoms with Gasteiger partial charge in [-0.2, -0.15) is 0 Å². The molecule has 0 radical (unpaired) electrons.